The highest BCUT2D eigenvalue weighted by Crippen LogP contribution is 2.28. The zero-order chi connectivity index (χ0) is 15.3. The van der Waals surface area contributed by atoms with Gasteiger partial charge in [0.25, 0.3) is 0 Å². The van der Waals surface area contributed by atoms with E-state index < -0.39 is 10.0 Å². The first kappa shape index (κ1) is 16.9. The molecular weight excluding hydrogens is 304 g/mol. The number of hydrogen-bond donors (Lipinski definition) is 2. The summed E-state index contributed by atoms with van der Waals surface area (Å²) in [5.41, 5.74) is 0.848. The predicted molar refractivity (Wildman–Crippen MR) is 88.2 cm³/mol. The average molecular weight is 331 g/mol. The van der Waals surface area contributed by atoms with Crippen LogP contribution in [-0.2, 0) is 16.6 Å². The third-order valence-corrected chi connectivity index (χ3v) is 7.04. The van der Waals surface area contributed by atoms with Crippen molar-refractivity contribution in [2.45, 2.75) is 57.4 Å². The fraction of sp³-hybridized carbons (Fsp3) is 0.733. The van der Waals surface area contributed by atoms with Crippen LogP contribution >= 0.6 is 11.3 Å². The molecule has 21 heavy (non-hydrogen) atoms. The normalized spacial score (nSPS) is 16.7. The van der Waals surface area contributed by atoms with Gasteiger partial charge in [-0.15, -0.1) is 11.3 Å². The van der Waals surface area contributed by atoms with Gasteiger partial charge in [-0.1, -0.05) is 32.6 Å². The fourth-order valence-corrected chi connectivity index (χ4v) is 5.80. The van der Waals surface area contributed by atoms with Crippen molar-refractivity contribution < 1.29 is 8.42 Å². The van der Waals surface area contributed by atoms with Crippen molar-refractivity contribution >= 4 is 21.4 Å². The summed E-state index contributed by atoms with van der Waals surface area (Å²) in [5, 5.41) is 5.14. The van der Waals surface area contributed by atoms with Gasteiger partial charge >= 0.3 is 0 Å². The lowest BCUT2D eigenvalue weighted by Gasteiger charge is -2.12. The molecule has 0 spiro atoms. The first-order chi connectivity index (χ1) is 10.0. The summed E-state index contributed by atoms with van der Waals surface area (Å²) in [5.74, 6) is 0.706. The molecule has 0 aromatic carbocycles. The molecule has 120 valence electrons. The highest BCUT2D eigenvalue weighted by molar-refractivity contribution is 7.89. The summed E-state index contributed by atoms with van der Waals surface area (Å²) in [6, 6.07) is 0. The number of sulfonamides is 1. The quantitative estimate of drug-likeness (QED) is 0.770. The first-order valence-corrected chi connectivity index (χ1v) is 10.2. The molecule has 1 heterocycles. The second-order valence-corrected chi connectivity index (χ2v) is 8.46. The van der Waals surface area contributed by atoms with Crippen LogP contribution in [0.5, 0.6) is 0 Å². The summed E-state index contributed by atoms with van der Waals surface area (Å²) in [6.07, 6.45) is 6.07. The van der Waals surface area contributed by atoms with Gasteiger partial charge in [0.2, 0.25) is 10.0 Å². The second kappa shape index (κ2) is 7.72. The molecule has 0 unspecified atom stereocenters. The topological polar surface area (TPSA) is 58.2 Å². The SMILES string of the molecule is CCNCc1scc(C)c1S(=O)(=O)NCCC1CCCC1. The number of thiophene rings is 1. The molecule has 0 saturated heterocycles. The van der Waals surface area contributed by atoms with Crippen LogP contribution in [0.1, 0.15) is 49.5 Å². The van der Waals surface area contributed by atoms with Gasteiger partial charge in [0.05, 0.1) is 0 Å². The van der Waals surface area contributed by atoms with E-state index in [1.54, 1.807) is 0 Å². The lowest BCUT2D eigenvalue weighted by Crippen LogP contribution is -2.27. The van der Waals surface area contributed by atoms with E-state index in [9.17, 15) is 8.42 Å². The molecule has 0 atom stereocenters. The Balaban J connectivity index is 1.99. The Labute approximate surface area is 132 Å². The van der Waals surface area contributed by atoms with E-state index in [1.165, 1.54) is 37.0 Å². The summed E-state index contributed by atoms with van der Waals surface area (Å²) in [4.78, 5) is 1.39. The van der Waals surface area contributed by atoms with Crippen LogP contribution in [0.2, 0.25) is 0 Å². The molecule has 1 aliphatic carbocycles. The first-order valence-electron chi connectivity index (χ1n) is 7.82. The zero-order valence-corrected chi connectivity index (χ0v) is 14.6. The highest BCUT2D eigenvalue weighted by atomic mass is 32.2. The number of rotatable bonds is 8. The molecule has 1 fully saturated rings. The molecule has 0 radical (unpaired) electrons. The molecule has 2 rings (SSSR count). The molecule has 4 nitrogen and oxygen atoms in total. The van der Waals surface area contributed by atoms with E-state index in [0.717, 1.165) is 23.4 Å². The molecule has 0 aliphatic heterocycles. The Bertz CT molecular complexity index is 546. The van der Waals surface area contributed by atoms with Crippen LogP contribution in [0.25, 0.3) is 0 Å². The zero-order valence-electron chi connectivity index (χ0n) is 12.9. The van der Waals surface area contributed by atoms with E-state index in [4.69, 9.17) is 0 Å². The lowest BCUT2D eigenvalue weighted by atomic mass is 10.1. The van der Waals surface area contributed by atoms with Crippen LogP contribution < -0.4 is 10.0 Å². The highest BCUT2D eigenvalue weighted by Gasteiger charge is 2.23. The maximum atomic E-state index is 12.5. The maximum Gasteiger partial charge on any atom is 0.241 e. The summed E-state index contributed by atoms with van der Waals surface area (Å²) in [6.45, 7) is 5.91. The Morgan fingerprint density at radius 3 is 2.71 bits per heavy atom. The summed E-state index contributed by atoms with van der Waals surface area (Å²) >= 11 is 1.52. The van der Waals surface area contributed by atoms with E-state index in [-0.39, 0.29) is 0 Å². The molecule has 1 aromatic rings. The van der Waals surface area contributed by atoms with Gasteiger partial charge in [0, 0.05) is 18.0 Å². The molecule has 0 amide bonds. The van der Waals surface area contributed by atoms with Gasteiger partial charge in [0.1, 0.15) is 4.90 Å². The van der Waals surface area contributed by atoms with Gasteiger partial charge in [-0.2, -0.15) is 0 Å². The standard InChI is InChI=1S/C15H26N2O2S2/c1-3-16-10-14-15(12(2)11-20-14)21(18,19)17-9-8-13-6-4-5-7-13/h11,13,16-17H,3-10H2,1-2H3. The summed E-state index contributed by atoms with van der Waals surface area (Å²) < 4.78 is 27.9. The van der Waals surface area contributed by atoms with Gasteiger partial charge in [-0.3, -0.25) is 0 Å². The minimum Gasteiger partial charge on any atom is -0.312 e. The molecule has 2 N–H and O–H groups in total. The van der Waals surface area contributed by atoms with Crippen LogP contribution in [0.15, 0.2) is 10.3 Å². The molecule has 0 bridgehead atoms. The number of nitrogens with one attached hydrogen (secondary N) is 2. The van der Waals surface area contributed by atoms with E-state index >= 15 is 0 Å². The van der Waals surface area contributed by atoms with Crippen molar-refractivity contribution in [3.05, 3.63) is 15.8 Å². The lowest BCUT2D eigenvalue weighted by molar-refractivity contribution is 0.495. The Morgan fingerprint density at radius 2 is 2.05 bits per heavy atom. The van der Waals surface area contributed by atoms with E-state index in [1.807, 2.05) is 19.2 Å². The molecule has 1 aliphatic rings. The van der Waals surface area contributed by atoms with Crippen molar-refractivity contribution in [2.75, 3.05) is 13.1 Å². The predicted octanol–water partition coefficient (Wildman–Crippen LogP) is 3.02. The Kier molecular flexibility index (Phi) is 6.22. The molecule has 1 aromatic heterocycles. The van der Waals surface area contributed by atoms with Crippen LogP contribution in [-0.4, -0.2) is 21.5 Å². The van der Waals surface area contributed by atoms with Gasteiger partial charge in [0.15, 0.2) is 0 Å². The van der Waals surface area contributed by atoms with Gasteiger partial charge in [-0.05, 0) is 36.8 Å². The number of hydrogen-bond acceptors (Lipinski definition) is 4. The van der Waals surface area contributed by atoms with Crippen LogP contribution in [0, 0.1) is 12.8 Å². The van der Waals surface area contributed by atoms with Gasteiger partial charge < -0.3 is 5.32 Å². The monoisotopic (exact) mass is 330 g/mol. The van der Waals surface area contributed by atoms with Crippen molar-refractivity contribution in [1.82, 2.24) is 10.0 Å². The van der Waals surface area contributed by atoms with Gasteiger partial charge in [-0.25, -0.2) is 13.1 Å². The van der Waals surface area contributed by atoms with E-state index in [2.05, 4.69) is 10.0 Å². The average Bonchev–Trinajstić information content (AvgIpc) is 3.06. The smallest absolute Gasteiger partial charge is 0.241 e. The Hall–Kier alpha value is -0.430. The maximum absolute atomic E-state index is 12.5. The second-order valence-electron chi connectivity index (χ2n) is 5.79. The van der Waals surface area contributed by atoms with E-state index in [0.29, 0.717) is 23.9 Å². The largest absolute Gasteiger partial charge is 0.312 e. The minimum absolute atomic E-state index is 0.486. The van der Waals surface area contributed by atoms with Crippen LogP contribution in [0.3, 0.4) is 0 Å². The molecule has 6 heteroatoms. The Morgan fingerprint density at radius 1 is 1.33 bits per heavy atom. The third kappa shape index (κ3) is 4.52. The third-order valence-electron chi connectivity index (χ3n) is 4.11. The minimum atomic E-state index is -3.38. The van der Waals surface area contributed by atoms with Crippen molar-refractivity contribution in [3.63, 3.8) is 0 Å². The molecule has 1 saturated carbocycles. The van der Waals surface area contributed by atoms with Crippen LogP contribution in [0.4, 0.5) is 0 Å². The van der Waals surface area contributed by atoms with Crippen molar-refractivity contribution in [2.24, 2.45) is 5.92 Å². The summed E-state index contributed by atoms with van der Waals surface area (Å²) in [7, 11) is -3.38. The fourth-order valence-electron chi connectivity index (χ4n) is 2.98. The number of aryl methyl sites for hydroxylation is 1. The molecular formula is C15H26N2O2S2. The van der Waals surface area contributed by atoms with Crippen molar-refractivity contribution in [3.8, 4) is 0 Å². The van der Waals surface area contributed by atoms with Crippen molar-refractivity contribution in [1.29, 1.82) is 0 Å².